The van der Waals surface area contributed by atoms with Gasteiger partial charge in [-0.05, 0) is 25.7 Å². The van der Waals surface area contributed by atoms with E-state index in [1.54, 1.807) is 0 Å². The first kappa shape index (κ1) is 10.2. The molecule has 1 aromatic carbocycles. The molecular formula is C15H17N3. The van der Waals surface area contributed by atoms with Crippen LogP contribution < -0.4 is 5.73 Å². The Kier molecular flexibility index (Phi) is 2.04. The molecule has 18 heavy (non-hydrogen) atoms. The highest BCUT2D eigenvalue weighted by atomic mass is 15.2. The maximum absolute atomic E-state index is 6.34. The Morgan fingerprint density at radius 3 is 2.39 bits per heavy atom. The predicted octanol–water partition coefficient (Wildman–Crippen LogP) is 3.34. The number of nitrogens with zero attached hydrogens (tertiary/aromatic N) is 2. The van der Waals surface area contributed by atoms with Crippen molar-refractivity contribution in [2.45, 2.75) is 37.6 Å². The van der Waals surface area contributed by atoms with Crippen LogP contribution in [-0.2, 0) is 0 Å². The van der Waals surface area contributed by atoms with Crippen LogP contribution >= 0.6 is 0 Å². The zero-order valence-corrected chi connectivity index (χ0v) is 10.3. The van der Waals surface area contributed by atoms with Crippen molar-refractivity contribution in [1.82, 2.24) is 9.55 Å². The second-order valence-electron chi connectivity index (χ2n) is 5.45. The zero-order valence-electron chi connectivity index (χ0n) is 10.3. The summed E-state index contributed by atoms with van der Waals surface area (Å²) in [7, 11) is 0. The molecule has 92 valence electrons. The maximum Gasteiger partial charge on any atom is 0.132 e. The lowest BCUT2D eigenvalue weighted by Gasteiger charge is -2.07. The molecule has 0 spiro atoms. The minimum absolute atomic E-state index is 0.616. The van der Waals surface area contributed by atoms with Gasteiger partial charge >= 0.3 is 0 Å². The third kappa shape index (κ3) is 1.54. The molecule has 0 amide bonds. The lowest BCUT2D eigenvalue weighted by atomic mass is 10.1. The third-order valence-corrected chi connectivity index (χ3v) is 3.88. The molecule has 2 aliphatic carbocycles. The summed E-state index contributed by atoms with van der Waals surface area (Å²) in [5.41, 5.74) is 8.45. The van der Waals surface area contributed by atoms with Gasteiger partial charge in [0.1, 0.15) is 17.3 Å². The fourth-order valence-corrected chi connectivity index (χ4v) is 2.62. The van der Waals surface area contributed by atoms with Crippen molar-refractivity contribution in [3.8, 4) is 11.3 Å². The highest BCUT2D eigenvalue weighted by molar-refractivity contribution is 5.71. The lowest BCUT2D eigenvalue weighted by Crippen LogP contribution is -2.04. The van der Waals surface area contributed by atoms with Gasteiger partial charge in [0.2, 0.25) is 0 Å². The summed E-state index contributed by atoms with van der Waals surface area (Å²) < 4.78 is 2.31. The van der Waals surface area contributed by atoms with Gasteiger partial charge in [0, 0.05) is 17.5 Å². The van der Waals surface area contributed by atoms with Crippen LogP contribution in [0.1, 0.15) is 43.5 Å². The minimum atomic E-state index is 0.616. The van der Waals surface area contributed by atoms with Crippen molar-refractivity contribution in [3.63, 3.8) is 0 Å². The molecule has 0 aliphatic heterocycles. The first-order valence-electron chi connectivity index (χ1n) is 6.77. The van der Waals surface area contributed by atoms with Gasteiger partial charge in [-0.3, -0.25) is 0 Å². The van der Waals surface area contributed by atoms with Crippen molar-refractivity contribution < 1.29 is 0 Å². The molecule has 2 aromatic rings. The Balaban J connectivity index is 1.86. The van der Waals surface area contributed by atoms with Gasteiger partial charge < -0.3 is 10.3 Å². The number of benzene rings is 1. The monoisotopic (exact) mass is 239 g/mol. The Labute approximate surface area is 107 Å². The molecule has 1 heterocycles. The normalized spacial score (nSPS) is 19.1. The number of nitrogen functional groups attached to an aromatic ring is 1. The van der Waals surface area contributed by atoms with Crippen molar-refractivity contribution in [3.05, 3.63) is 36.2 Å². The van der Waals surface area contributed by atoms with E-state index in [9.17, 15) is 0 Å². The molecule has 3 heteroatoms. The summed E-state index contributed by atoms with van der Waals surface area (Å²) >= 11 is 0. The smallest absolute Gasteiger partial charge is 0.132 e. The van der Waals surface area contributed by atoms with Crippen LogP contribution in [0.2, 0.25) is 0 Å². The topological polar surface area (TPSA) is 43.8 Å². The molecule has 4 rings (SSSR count). The van der Waals surface area contributed by atoms with Gasteiger partial charge in [-0.1, -0.05) is 30.3 Å². The number of anilines is 1. The van der Waals surface area contributed by atoms with E-state index in [0.29, 0.717) is 12.0 Å². The van der Waals surface area contributed by atoms with E-state index < -0.39 is 0 Å². The summed E-state index contributed by atoms with van der Waals surface area (Å²) in [4.78, 5) is 4.84. The first-order valence-corrected chi connectivity index (χ1v) is 6.77. The molecule has 0 bridgehead atoms. The summed E-state index contributed by atoms with van der Waals surface area (Å²) in [6.45, 7) is 0. The van der Waals surface area contributed by atoms with Crippen molar-refractivity contribution in [2.24, 2.45) is 0 Å². The van der Waals surface area contributed by atoms with Gasteiger partial charge in [-0.25, -0.2) is 4.98 Å². The van der Waals surface area contributed by atoms with Crippen molar-refractivity contribution in [2.75, 3.05) is 5.73 Å². The first-order chi connectivity index (χ1) is 8.84. The maximum atomic E-state index is 6.34. The molecule has 0 atom stereocenters. The number of hydrogen-bond acceptors (Lipinski definition) is 2. The van der Waals surface area contributed by atoms with Crippen LogP contribution in [0.15, 0.2) is 30.3 Å². The van der Waals surface area contributed by atoms with Crippen LogP contribution in [0, 0.1) is 0 Å². The molecule has 2 N–H and O–H groups in total. The fourth-order valence-electron chi connectivity index (χ4n) is 2.62. The number of nitrogens with two attached hydrogens (primary N) is 1. The van der Waals surface area contributed by atoms with Gasteiger partial charge in [0.15, 0.2) is 0 Å². The van der Waals surface area contributed by atoms with Crippen LogP contribution in [0.3, 0.4) is 0 Å². The SMILES string of the molecule is Nc1c(-c2ccccc2)nc(C2CC2)n1C1CC1. The fraction of sp³-hybridized carbons (Fsp3) is 0.400. The Bertz CT molecular complexity index is 577. The summed E-state index contributed by atoms with van der Waals surface area (Å²) in [5.74, 6) is 2.75. The molecule has 1 aromatic heterocycles. The highest BCUT2D eigenvalue weighted by Gasteiger charge is 2.36. The van der Waals surface area contributed by atoms with Gasteiger partial charge in [0.25, 0.3) is 0 Å². The van der Waals surface area contributed by atoms with E-state index in [1.165, 1.54) is 31.5 Å². The van der Waals surface area contributed by atoms with Gasteiger partial charge in [0.05, 0.1) is 0 Å². The van der Waals surface area contributed by atoms with E-state index in [0.717, 1.165) is 17.1 Å². The Morgan fingerprint density at radius 1 is 1.06 bits per heavy atom. The molecule has 0 saturated heterocycles. The molecule has 2 fully saturated rings. The van der Waals surface area contributed by atoms with Crippen LogP contribution in [0.25, 0.3) is 11.3 Å². The second kappa shape index (κ2) is 3.61. The van der Waals surface area contributed by atoms with Crippen LogP contribution in [0.4, 0.5) is 5.82 Å². The average Bonchev–Trinajstić information content (AvgIpc) is 3.29. The molecule has 3 nitrogen and oxygen atoms in total. The summed E-state index contributed by atoms with van der Waals surface area (Å²) in [5, 5.41) is 0. The molecule has 0 radical (unpaired) electrons. The molecule has 2 aliphatic rings. The number of aromatic nitrogens is 2. The van der Waals surface area contributed by atoms with Crippen LogP contribution in [-0.4, -0.2) is 9.55 Å². The molecular weight excluding hydrogens is 222 g/mol. The second-order valence-corrected chi connectivity index (χ2v) is 5.45. The average molecular weight is 239 g/mol. The largest absolute Gasteiger partial charge is 0.383 e. The van der Waals surface area contributed by atoms with Crippen LogP contribution in [0.5, 0.6) is 0 Å². The number of imidazole rings is 1. The van der Waals surface area contributed by atoms with Gasteiger partial charge in [-0.2, -0.15) is 0 Å². The van der Waals surface area contributed by atoms with Gasteiger partial charge in [-0.15, -0.1) is 0 Å². The standard InChI is InChI=1S/C15H17N3/c16-14-13(10-4-2-1-3-5-10)17-15(11-6-7-11)18(14)12-8-9-12/h1-5,11-12H,6-9,16H2. The number of hydrogen-bond donors (Lipinski definition) is 1. The Hall–Kier alpha value is -1.77. The summed E-state index contributed by atoms with van der Waals surface area (Å²) in [6.07, 6.45) is 5.07. The van der Waals surface area contributed by atoms with E-state index in [4.69, 9.17) is 10.7 Å². The molecule has 2 saturated carbocycles. The summed E-state index contributed by atoms with van der Waals surface area (Å²) in [6, 6.07) is 10.9. The lowest BCUT2D eigenvalue weighted by molar-refractivity contribution is 0.691. The minimum Gasteiger partial charge on any atom is -0.383 e. The van der Waals surface area contributed by atoms with E-state index in [1.807, 2.05) is 18.2 Å². The highest BCUT2D eigenvalue weighted by Crippen LogP contribution is 2.47. The van der Waals surface area contributed by atoms with Crippen molar-refractivity contribution >= 4 is 5.82 Å². The van der Waals surface area contributed by atoms with Crippen molar-refractivity contribution in [1.29, 1.82) is 0 Å². The Morgan fingerprint density at radius 2 is 1.78 bits per heavy atom. The number of rotatable bonds is 3. The zero-order chi connectivity index (χ0) is 12.1. The predicted molar refractivity (Wildman–Crippen MR) is 72.3 cm³/mol. The van der Waals surface area contributed by atoms with E-state index in [-0.39, 0.29) is 0 Å². The third-order valence-electron chi connectivity index (χ3n) is 3.88. The molecule has 0 unspecified atom stereocenters. The van der Waals surface area contributed by atoms with E-state index in [2.05, 4.69) is 16.7 Å². The van der Waals surface area contributed by atoms with E-state index >= 15 is 0 Å². The quantitative estimate of drug-likeness (QED) is 0.892.